The van der Waals surface area contributed by atoms with E-state index < -0.39 is 0 Å². The van der Waals surface area contributed by atoms with Gasteiger partial charge in [-0.1, -0.05) is 12.2 Å². The van der Waals surface area contributed by atoms with E-state index in [-0.39, 0.29) is 0 Å². The molecule has 4 aliphatic rings. The first-order valence-corrected chi connectivity index (χ1v) is 13.5. The zero-order chi connectivity index (χ0) is 20.1. The predicted molar refractivity (Wildman–Crippen MR) is 127 cm³/mol. The number of allylic oxidation sites excluding steroid dienone is 2. The Kier molecular flexibility index (Phi) is 7.99. The molecule has 0 aliphatic heterocycles. The van der Waals surface area contributed by atoms with Crippen molar-refractivity contribution in [2.24, 2.45) is 47.3 Å². The lowest BCUT2D eigenvalue weighted by Gasteiger charge is -2.43. The minimum Gasteiger partial charge on any atom is -0.103 e. The largest absolute Gasteiger partial charge is 0.103 e. The first-order valence-electron chi connectivity index (χ1n) is 13.5. The van der Waals surface area contributed by atoms with E-state index in [1.54, 1.807) is 51.4 Å². The maximum atomic E-state index is 4.03. The fraction of sp³-hybridized carbons (Fsp3) is 0.862. The van der Waals surface area contributed by atoms with Crippen molar-refractivity contribution < 1.29 is 0 Å². The Morgan fingerprint density at radius 2 is 0.759 bits per heavy atom. The minimum absolute atomic E-state index is 0.829. The second-order valence-electron chi connectivity index (χ2n) is 11.6. The molecule has 0 bridgehead atoms. The van der Waals surface area contributed by atoms with Gasteiger partial charge in [0.05, 0.1) is 0 Å². The highest BCUT2D eigenvalue weighted by molar-refractivity contribution is 4.90. The van der Waals surface area contributed by atoms with Crippen molar-refractivity contribution in [1.82, 2.24) is 0 Å². The normalized spacial score (nSPS) is 44.1. The molecule has 0 saturated heterocycles. The van der Waals surface area contributed by atoms with Gasteiger partial charge in [-0.15, -0.1) is 13.2 Å². The summed E-state index contributed by atoms with van der Waals surface area (Å²) in [5, 5.41) is 0. The Bertz CT molecular complexity index is 486. The Hall–Kier alpha value is -0.520. The second kappa shape index (κ2) is 10.7. The molecule has 29 heavy (non-hydrogen) atoms. The van der Waals surface area contributed by atoms with Gasteiger partial charge in [0.2, 0.25) is 0 Å². The van der Waals surface area contributed by atoms with Gasteiger partial charge < -0.3 is 0 Å². The van der Waals surface area contributed by atoms with Gasteiger partial charge in [0.25, 0.3) is 0 Å². The fourth-order valence-electron chi connectivity index (χ4n) is 8.16. The fourth-order valence-corrected chi connectivity index (χ4v) is 8.16. The van der Waals surface area contributed by atoms with Crippen molar-refractivity contribution in [3.63, 3.8) is 0 Å². The van der Waals surface area contributed by atoms with E-state index in [9.17, 15) is 0 Å². The molecule has 0 aromatic rings. The van der Waals surface area contributed by atoms with Crippen LogP contribution in [0.4, 0.5) is 0 Å². The molecule has 4 fully saturated rings. The predicted octanol–water partition coefficient (Wildman–Crippen LogP) is 8.97. The van der Waals surface area contributed by atoms with Crippen LogP contribution in [-0.2, 0) is 0 Å². The maximum absolute atomic E-state index is 4.03. The molecule has 0 aromatic carbocycles. The van der Waals surface area contributed by atoms with E-state index in [1.165, 1.54) is 57.8 Å². The number of hydrogen-bond donors (Lipinski definition) is 0. The van der Waals surface area contributed by atoms with Crippen LogP contribution in [0.3, 0.4) is 0 Å². The average Bonchev–Trinajstić information content (AvgIpc) is 2.80. The van der Waals surface area contributed by atoms with E-state index in [2.05, 4.69) is 25.3 Å². The van der Waals surface area contributed by atoms with Gasteiger partial charge in [0, 0.05) is 0 Å². The Balaban J connectivity index is 1.15. The molecule has 4 aliphatic carbocycles. The highest BCUT2D eigenvalue weighted by Crippen LogP contribution is 2.48. The Morgan fingerprint density at radius 1 is 0.448 bits per heavy atom. The third-order valence-corrected chi connectivity index (χ3v) is 10.2. The summed E-state index contributed by atoms with van der Waals surface area (Å²) in [5.41, 5.74) is 0. The Labute approximate surface area is 182 Å². The summed E-state index contributed by atoms with van der Waals surface area (Å²) >= 11 is 0. The molecule has 0 atom stereocenters. The van der Waals surface area contributed by atoms with Crippen LogP contribution in [0.1, 0.15) is 109 Å². The molecule has 4 saturated carbocycles. The van der Waals surface area contributed by atoms with E-state index in [4.69, 9.17) is 0 Å². The molecule has 0 aromatic heterocycles. The van der Waals surface area contributed by atoms with Crippen molar-refractivity contribution in [2.45, 2.75) is 109 Å². The van der Waals surface area contributed by atoms with Crippen LogP contribution in [0.5, 0.6) is 0 Å². The first kappa shape index (κ1) is 21.7. The van der Waals surface area contributed by atoms with Crippen LogP contribution in [0, 0.1) is 47.3 Å². The number of hydrogen-bond acceptors (Lipinski definition) is 0. The van der Waals surface area contributed by atoms with Crippen molar-refractivity contribution in [1.29, 1.82) is 0 Å². The summed E-state index contributed by atoms with van der Waals surface area (Å²) in [6.07, 6.45) is 30.0. The van der Waals surface area contributed by atoms with E-state index >= 15 is 0 Å². The first-order chi connectivity index (χ1) is 14.3. The summed E-state index contributed by atoms with van der Waals surface area (Å²) in [4.78, 5) is 0. The molecule has 164 valence electrons. The molecule has 0 heterocycles. The Morgan fingerprint density at radius 3 is 1.07 bits per heavy atom. The molecule has 0 radical (unpaired) electrons. The molecule has 4 rings (SSSR count). The lowest BCUT2D eigenvalue weighted by molar-refractivity contribution is 0.0879. The molecular weight excluding hydrogens is 348 g/mol. The molecule has 0 N–H and O–H groups in total. The van der Waals surface area contributed by atoms with Crippen LogP contribution in [0.15, 0.2) is 25.3 Å². The zero-order valence-corrected chi connectivity index (χ0v) is 19.2. The van der Waals surface area contributed by atoms with Gasteiger partial charge in [-0.3, -0.25) is 0 Å². The lowest BCUT2D eigenvalue weighted by atomic mass is 9.63. The van der Waals surface area contributed by atoms with Gasteiger partial charge in [0.1, 0.15) is 0 Å². The molecule has 0 unspecified atom stereocenters. The molecule has 0 spiro atoms. The summed E-state index contributed by atoms with van der Waals surface area (Å²) in [6, 6.07) is 0. The smallest absolute Gasteiger partial charge is 0.0236 e. The summed E-state index contributed by atoms with van der Waals surface area (Å²) in [7, 11) is 0. The van der Waals surface area contributed by atoms with Crippen LogP contribution >= 0.6 is 0 Å². The van der Waals surface area contributed by atoms with Crippen LogP contribution < -0.4 is 0 Å². The van der Waals surface area contributed by atoms with Crippen LogP contribution in [0.2, 0.25) is 0 Å². The molecule has 0 amide bonds. The minimum atomic E-state index is 0.829. The monoisotopic (exact) mass is 396 g/mol. The van der Waals surface area contributed by atoms with E-state index in [0.717, 1.165) is 47.3 Å². The quantitative estimate of drug-likeness (QED) is 0.393. The highest BCUT2D eigenvalue weighted by Gasteiger charge is 2.36. The third kappa shape index (κ3) is 5.59. The molecular formula is C29H48. The van der Waals surface area contributed by atoms with E-state index in [1.807, 2.05) is 0 Å². The van der Waals surface area contributed by atoms with Crippen LogP contribution in [-0.4, -0.2) is 0 Å². The van der Waals surface area contributed by atoms with Crippen molar-refractivity contribution in [3.8, 4) is 0 Å². The van der Waals surface area contributed by atoms with Gasteiger partial charge >= 0.3 is 0 Å². The second-order valence-corrected chi connectivity index (χ2v) is 11.6. The lowest BCUT2D eigenvalue weighted by Crippen LogP contribution is -2.31. The van der Waals surface area contributed by atoms with Gasteiger partial charge in [-0.05, 0) is 156 Å². The van der Waals surface area contributed by atoms with Gasteiger partial charge in [0.15, 0.2) is 0 Å². The average molecular weight is 397 g/mol. The third-order valence-electron chi connectivity index (χ3n) is 10.2. The summed E-state index contributed by atoms with van der Waals surface area (Å²) < 4.78 is 0. The topological polar surface area (TPSA) is 0 Å². The molecule has 0 heteroatoms. The zero-order valence-electron chi connectivity index (χ0n) is 19.2. The summed E-state index contributed by atoms with van der Waals surface area (Å²) in [6.45, 7) is 7.98. The van der Waals surface area contributed by atoms with E-state index in [0.29, 0.717) is 0 Å². The SMILES string of the molecule is C=CCC1CCC(C2CCC(C3CCC(C4CCC(C=C)CC4)CC3)CC2)CC1. The van der Waals surface area contributed by atoms with Gasteiger partial charge in [-0.25, -0.2) is 0 Å². The maximum Gasteiger partial charge on any atom is -0.0236 e. The van der Waals surface area contributed by atoms with Crippen molar-refractivity contribution >= 4 is 0 Å². The van der Waals surface area contributed by atoms with Crippen LogP contribution in [0.25, 0.3) is 0 Å². The van der Waals surface area contributed by atoms with Gasteiger partial charge in [-0.2, -0.15) is 0 Å². The highest BCUT2D eigenvalue weighted by atomic mass is 14.4. The standard InChI is InChI=1S/C29H48/c1-3-5-23-8-12-25(13-9-23)27-16-20-29(21-17-27)28-18-14-26(15-19-28)24-10-6-22(4-2)7-11-24/h3-4,22-29H,1-2,5-21H2. The van der Waals surface area contributed by atoms with Crippen molar-refractivity contribution in [2.75, 3.05) is 0 Å². The number of rotatable bonds is 6. The van der Waals surface area contributed by atoms with Crippen molar-refractivity contribution in [3.05, 3.63) is 25.3 Å². The molecule has 0 nitrogen and oxygen atoms in total. The summed E-state index contributed by atoms with van der Waals surface area (Å²) in [5.74, 6) is 8.22.